The lowest BCUT2D eigenvalue weighted by molar-refractivity contribution is 0.669. The lowest BCUT2D eigenvalue weighted by Gasteiger charge is -2.11. The fourth-order valence-corrected chi connectivity index (χ4v) is 3.80. The van der Waals surface area contributed by atoms with Crippen molar-refractivity contribution in [2.24, 2.45) is 5.73 Å². The smallest absolute Gasteiger partial charge is 0.0314 e. The quantitative estimate of drug-likeness (QED) is 0.843. The molecule has 1 nitrogen and oxygen atoms in total. The number of hydrogen-bond donors (Lipinski definition) is 1. The molecule has 90 valence electrons. The van der Waals surface area contributed by atoms with Crippen molar-refractivity contribution in [3.63, 3.8) is 0 Å². The molecule has 1 unspecified atom stereocenters. The van der Waals surface area contributed by atoms with Gasteiger partial charge in [0.25, 0.3) is 0 Å². The molecule has 0 saturated heterocycles. The standard InChI is InChI=1S/C13H13Br2NS/c14-10-3-1-2-9(6-10)7-11(16)8-13-12(15)4-5-17-13/h1-6,11H,7-8,16H2. The Morgan fingerprint density at radius 3 is 2.65 bits per heavy atom. The average molecular weight is 375 g/mol. The molecule has 0 saturated carbocycles. The van der Waals surface area contributed by atoms with Crippen LogP contribution < -0.4 is 5.73 Å². The Labute approximate surface area is 122 Å². The second-order valence-electron chi connectivity index (χ2n) is 3.99. The molecule has 1 heterocycles. The molecule has 17 heavy (non-hydrogen) atoms. The Morgan fingerprint density at radius 1 is 1.18 bits per heavy atom. The molecule has 0 radical (unpaired) electrons. The van der Waals surface area contributed by atoms with Crippen LogP contribution in [0.5, 0.6) is 0 Å². The van der Waals surface area contributed by atoms with Crippen LogP contribution in [0.25, 0.3) is 0 Å². The summed E-state index contributed by atoms with van der Waals surface area (Å²) in [7, 11) is 0. The van der Waals surface area contributed by atoms with Gasteiger partial charge in [0.05, 0.1) is 0 Å². The van der Waals surface area contributed by atoms with E-state index in [-0.39, 0.29) is 6.04 Å². The maximum absolute atomic E-state index is 6.19. The summed E-state index contributed by atoms with van der Waals surface area (Å²) in [6.07, 6.45) is 1.83. The summed E-state index contributed by atoms with van der Waals surface area (Å²) in [5.41, 5.74) is 7.46. The first kappa shape index (κ1) is 13.3. The van der Waals surface area contributed by atoms with Gasteiger partial charge in [0.2, 0.25) is 0 Å². The van der Waals surface area contributed by atoms with E-state index in [0.717, 1.165) is 17.3 Å². The van der Waals surface area contributed by atoms with E-state index < -0.39 is 0 Å². The third-order valence-corrected chi connectivity index (χ3v) is 4.97. The monoisotopic (exact) mass is 373 g/mol. The molecule has 0 aliphatic carbocycles. The van der Waals surface area contributed by atoms with E-state index in [2.05, 4.69) is 55.4 Å². The van der Waals surface area contributed by atoms with Gasteiger partial charge in [-0.25, -0.2) is 0 Å². The van der Waals surface area contributed by atoms with Crippen LogP contribution in [0.1, 0.15) is 10.4 Å². The van der Waals surface area contributed by atoms with Crippen LogP contribution in [-0.2, 0) is 12.8 Å². The Hall–Kier alpha value is -0.160. The fourth-order valence-electron chi connectivity index (χ4n) is 1.75. The van der Waals surface area contributed by atoms with E-state index in [1.807, 2.05) is 12.1 Å². The maximum atomic E-state index is 6.19. The minimum absolute atomic E-state index is 0.166. The van der Waals surface area contributed by atoms with Gasteiger partial charge in [-0.05, 0) is 57.9 Å². The maximum Gasteiger partial charge on any atom is 0.0314 e. The van der Waals surface area contributed by atoms with Crippen LogP contribution in [0.4, 0.5) is 0 Å². The van der Waals surface area contributed by atoms with Crippen LogP contribution in [0.2, 0.25) is 0 Å². The van der Waals surface area contributed by atoms with Gasteiger partial charge < -0.3 is 5.73 Å². The van der Waals surface area contributed by atoms with Gasteiger partial charge >= 0.3 is 0 Å². The Bertz CT molecular complexity index is 496. The van der Waals surface area contributed by atoms with E-state index in [1.54, 1.807) is 11.3 Å². The molecule has 2 aromatic rings. The van der Waals surface area contributed by atoms with Gasteiger partial charge in [0.1, 0.15) is 0 Å². The summed E-state index contributed by atoms with van der Waals surface area (Å²) in [5, 5.41) is 2.09. The van der Waals surface area contributed by atoms with Gasteiger partial charge in [0.15, 0.2) is 0 Å². The molecule has 2 rings (SSSR count). The highest BCUT2D eigenvalue weighted by molar-refractivity contribution is 9.10. The Balaban J connectivity index is 1.98. The van der Waals surface area contributed by atoms with E-state index in [9.17, 15) is 0 Å². The average Bonchev–Trinajstić information content (AvgIpc) is 2.64. The van der Waals surface area contributed by atoms with Gasteiger partial charge in [-0.2, -0.15) is 0 Å². The first-order valence-corrected chi connectivity index (χ1v) is 7.83. The molecule has 1 aromatic carbocycles. The first-order valence-electron chi connectivity index (χ1n) is 5.37. The van der Waals surface area contributed by atoms with Crippen LogP contribution in [-0.4, -0.2) is 6.04 Å². The minimum atomic E-state index is 0.166. The van der Waals surface area contributed by atoms with E-state index in [4.69, 9.17) is 5.73 Å². The number of benzene rings is 1. The molecule has 2 N–H and O–H groups in total. The van der Waals surface area contributed by atoms with Crippen LogP contribution in [0.15, 0.2) is 44.7 Å². The summed E-state index contributed by atoms with van der Waals surface area (Å²) in [5.74, 6) is 0. The van der Waals surface area contributed by atoms with Crippen molar-refractivity contribution in [2.75, 3.05) is 0 Å². The van der Waals surface area contributed by atoms with Gasteiger partial charge in [0, 0.05) is 19.9 Å². The highest BCUT2D eigenvalue weighted by Gasteiger charge is 2.09. The highest BCUT2D eigenvalue weighted by Crippen LogP contribution is 2.24. The SMILES string of the molecule is NC(Cc1cccc(Br)c1)Cc1sccc1Br. The van der Waals surface area contributed by atoms with E-state index in [1.165, 1.54) is 14.9 Å². The van der Waals surface area contributed by atoms with Gasteiger partial charge in [-0.1, -0.05) is 28.1 Å². The third-order valence-electron chi connectivity index (χ3n) is 2.53. The molecular weight excluding hydrogens is 362 g/mol. The molecule has 1 atom stereocenters. The largest absolute Gasteiger partial charge is 0.327 e. The van der Waals surface area contributed by atoms with Crippen LogP contribution >= 0.6 is 43.2 Å². The predicted molar refractivity (Wildman–Crippen MR) is 81.5 cm³/mol. The molecule has 0 aliphatic heterocycles. The summed E-state index contributed by atoms with van der Waals surface area (Å²) in [6, 6.07) is 10.6. The molecule has 4 heteroatoms. The molecule has 1 aromatic heterocycles. The van der Waals surface area contributed by atoms with Gasteiger partial charge in [-0.3, -0.25) is 0 Å². The summed E-state index contributed by atoms with van der Waals surface area (Å²) < 4.78 is 2.28. The van der Waals surface area contributed by atoms with Crippen molar-refractivity contribution in [1.29, 1.82) is 0 Å². The number of hydrogen-bond acceptors (Lipinski definition) is 2. The van der Waals surface area contributed by atoms with Crippen molar-refractivity contribution >= 4 is 43.2 Å². The fraction of sp³-hybridized carbons (Fsp3) is 0.231. The van der Waals surface area contributed by atoms with Gasteiger partial charge in [-0.15, -0.1) is 11.3 Å². The Morgan fingerprint density at radius 2 is 2.00 bits per heavy atom. The molecule has 0 spiro atoms. The van der Waals surface area contributed by atoms with Crippen molar-refractivity contribution < 1.29 is 0 Å². The van der Waals surface area contributed by atoms with Crippen molar-refractivity contribution in [1.82, 2.24) is 0 Å². The third kappa shape index (κ3) is 3.91. The second kappa shape index (κ2) is 6.14. The van der Waals surface area contributed by atoms with Crippen molar-refractivity contribution in [2.45, 2.75) is 18.9 Å². The Kier molecular flexibility index (Phi) is 4.79. The molecule has 0 bridgehead atoms. The lowest BCUT2D eigenvalue weighted by Crippen LogP contribution is -2.25. The lowest BCUT2D eigenvalue weighted by atomic mass is 10.0. The van der Waals surface area contributed by atoms with E-state index >= 15 is 0 Å². The summed E-state index contributed by atoms with van der Waals surface area (Å²) in [6.45, 7) is 0. The van der Waals surface area contributed by atoms with Crippen molar-refractivity contribution in [3.8, 4) is 0 Å². The second-order valence-corrected chi connectivity index (χ2v) is 6.76. The molecule has 0 fully saturated rings. The van der Waals surface area contributed by atoms with Crippen molar-refractivity contribution in [3.05, 3.63) is 55.1 Å². The first-order chi connectivity index (χ1) is 8.15. The highest BCUT2D eigenvalue weighted by atomic mass is 79.9. The number of halogens is 2. The number of rotatable bonds is 4. The zero-order chi connectivity index (χ0) is 12.3. The number of thiophene rings is 1. The van der Waals surface area contributed by atoms with Crippen LogP contribution in [0, 0.1) is 0 Å². The molecule has 0 amide bonds. The summed E-state index contributed by atoms with van der Waals surface area (Å²) in [4.78, 5) is 1.33. The van der Waals surface area contributed by atoms with Crippen LogP contribution in [0.3, 0.4) is 0 Å². The predicted octanol–water partition coefficient (Wildman–Crippen LogP) is 4.39. The number of nitrogens with two attached hydrogens (primary N) is 1. The zero-order valence-corrected chi connectivity index (χ0v) is 13.2. The zero-order valence-electron chi connectivity index (χ0n) is 9.20. The normalized spacial score (nSPS) is 12.6. The molecule has 0 aliphatic rings. The topological polar surface area (TPSA) is 26.0 Å². The van der Waals surface area contributed by atoms with E-state index in [0.29, 0.717) is 0 Å². The molecular formula is C13H13Br2NS. The summed E-state index contributed by atoms with van der Waals surface area (Å²) >= 11 is 8.77. The minimum Gasteiger partial charge on any atom is -0.327 e.